The van der Waals surface area contributed by atoms with Crippen LogP contribution in [0.15, 0.2) is 4.52 Å². The first-order valence-corrected chi connectivity index (χ1v) is 8.19. The number of imide groups is 1. The van der Waals surface area contributed by atoms with Gasteiger partial charge in [0.15, 0.2) is 5.82 Å². The predicted octanol–water partition coefficient (Wildman–Crippen LogP) is 0.852. The Morgan fingerprint density at radius 2 is 2.17 bits per heavy atom. The van der Waals surface area contributed by atoms with Crippen molar-refractivity contribution in [3.05, 3.63) is 11.7 Å². The van der Waals surface area contributed by atoms with Gasteiger partial charge in [-0.25, -0.2) is 4.79 Å². The van der Waals surface area contributed by atoms with Gasteiger partial charge in [0.05, 0.1) is 6.54 Å². The Labute approximate surface area is 134 Å². The molecule has 3 aliphatic rings. The van der Waals surface area contributed by atoms with Gasteiger partial charge in [0.1, 0.15) is 5.54 Å². The van der Waals surface area contributed by atoms with E-state index in [1.54, 1.807) is 0 Å². The molecule has 23 heavy (non-hydrogen) atoms. The van der Waals surface area contributed by atoms with Crippen LogP contribution in [0.1, 0.15) is 50.7 Å². The van der Waals surface area contributed by atoms with Crippen molar-refractivity contribution in [2.75, 3.05) is 13.1 Å². The van der Waals surface area contributed by atoms with E-state index in [0.29, 0.717) is 31.3 Å². The van der Waals surface area contributed by atoms with Gasteiger partial charge in [0.25, 0.3) is 5.91 Å². The number of nitrogens with zero attached hydrogens (tertiary/aromatic N) is 4. The largest absolute Gasteiger partial charge is 0.338 e. The van der Waals surface area contributed by atoms with Gasteiger partial charge < -0.3 is 9.84 Å². The number of hydrogen-bond donors (Lipinski definition) is 1. The summed E-state index contributed by atoms with van der Waals surface area (Å²) in [6, 6.07) is -0.423. The molecule has 1 saturated carbocycles. The van der Waals surface area contributed by atoms with Crippen LogP contribution in [0.4, 0.5) is 4.79 Å². The van der Waals surface area contributed by atoms with Gasteiger partial charge in [0, 0.05) is 25.0 Å². The lowest BCUT2D eigenvalue weighted by molar-refractivity contribution is -0.132. The van der Waals surface area contributed by atoms with E-state index in [1.807, 2.05) is 13.8 Å². The normalized spacial score (nSPS) is 28.4. The Morgan fingerprint density at radius 1 is 1.39 bits per heavy atom. The van der Waals surface area contributed by atoms with E-state index < -0.39 is 5.54 Å². The molecule has 1 aromatic rings. The molecule has 1 aliphatic carbocycles. The van der Waals surface area contributed by atoms with E-state index in [9.17, 15) is 9.59 Å². The SMILES string of the molecule is CC(C)N1C(=O)NC2(CCN(Cc3nc(C4CC4)no3)C2)C1=O. The van der Waals surface area contributed by atoms with Crippen LogP contribution >= 0.6 is 0 Å². The number of amides is 3. The molecule has 0 bridgehead atoms. The van der Waals surface area contributed by atoms with Gasteiger partial charge in [-0.3, -0.25) is 14.6 Å². The van der Waals surface area contributed by atoms with Crippen molar-refractivity contribution in [1.29, 1.82) is 0 Å². The van der Waals surface area contributed by atoms with Crippen LogP contribution in [0, 0.1) is 0 Å². The fourth-order valence-electron chi connectivity index (χ4n) is 3.44. The first-order chi connectivity index (χ1) is 11.0. The molecule has 2 saturated heterocycles. The van der Waals surface area contributed by atoms with Crippen LogP contribution in [0.2, 0.25) is 0 Å². The summed E-state index contributed by atoms with van der Waals surface area (Å²) in [5.74, 6) is 1.73. The van der Waals surface area contributed by atoms with E-state index in [2.05, 4.69) is 20.4 Å². The van der Waals surface area contributed by atoms with Gasteiger partial charge in [0.2, 0.25) is 5.89 Å². The summed E-state index contributed by atoms with van der Waals surface area (Å²) in [5, 5.41) is 6.90. The van der Waals surface area contributed by atoms with Crippen LogP contribution in [-0.2, 0) is 11.3 Å². The highest BCUT2D eigenvalue weighted by atomic mass is 16.5. The Balaban J connectivity index is 1.44. The predicted molar refractivity (Wildman–Crippen MR) is 79.4 cm³/mol. The molecule has 1 spiro atoms. The van der Waals surface area contributed by atoms with E-state index in [-0.39, 0.29) is 18.0 Å². The maximum Gasteiger partial charge on any atom is 0.325 e. The summed E-state index contributed by atoms with van der Waals surface area (Å²) in [5.41, 5.74) is -0.791. The Kier molecular flexibility index (Phi) is 3.19. The lowest BCUT2D eigenvalue weighted by Crippen LogP contribution is -2.49. The summed E-state index contributed by atoms with van der Waals surface area (Å²) in [4.78, 5) is 32.6. The highest BCUT2D eigenvalue weighted by molar-refractivity contribution is 6.07. The second kappa shape index (κ2) is 5.02. The molecule has 1 aromatic heterocycles. The molecule has 8 nitrogen and oxygen atoms in total. The molecule has 1 N–H and O–H groups in total. The van der Waals surface area contributed by atoms with Gasteiger partial charge in [-0.1, -0.05) is 5.16 Å². The molecule has 0 aromatic carbocycles. The Morgan fingerprint density at radius 3 is 2.83 bits per heavy atom. The topological polar surface area (TPSA) is 91.6 Å². The molecule has 3 fully saturated rings. The van der Waals surface area contributed by atoms with Crippen molar-refractivity contribution in [3.8, 4) is 0 Å². The van der Waals surface area contributed by atoms with Crippen LogP contribution in [0.3, 0.4) is 0 Å². The number of aromatic nitrogens is 2. The van der Waals surface area contributed by atoms with E-state index in [4.69, 9.17) is 4.52 Å². The Hall–Kier alpha value is -1.96. The number of nitrogens with one attached hydrogen (secondary N) is 1. The molecular weight excluding hydrogens is 298 g/mol. The maximum absolute atomic E-state index is 12.6. The van der Waals surface area contributed by atoms with E-state index in [0.717, 1.165) is 25.2 Å². The minimum absolute atomic E-state index is 0.121. The van der Waals surface area contributed by atoms with Crippen LogP contribution in [0.5, 0.6) is 0 Å². The minimum Gasteiger partial charge on any atom is -0.338 e. The van der Waals surface area contributed by atoms with Crippen molar-refractivity contribution in [1.82, 2.24) is 25.3 Å². The van der Waals surface area contributed by atoms with Crippen LogP contribution < -0.4 is 5.32 Å². The number of hydrogen-bond acceptors (Lipinski definition) is 6. The third-order valence-electron chi connectivity index (χ3n) is 4.84. The molecule has 124 valence electrons. The van der Waals surface area contributed by atoms with Crippen molar-refractivity contribution in [2.24, 2.45) is 0 Å². The highest BCUT2D eigenvalue weighted by Crippen LogP contribution is 2.38. The fraction of sp³-hybridized carbons (Fsp3) is 0.733. The van der Waals surface area contributed by atoms with Gasteiger partial charge >= 0.3 is 6.03 Å². The number of carbonyl (C=O) groups is 2. The van der Waals surface area contributed by atoms with Crippen molar-refractivity contribution < 1.29 is 14.1 Å². The van der Waals surface area contributed by atoms with Crippen LogP contribution in [-0.4, -0.2) is 56.5 Å². The third kappa shape index (κ3) is 2.41. The van der Waals surface area contributed by atoms with Gasteiger partial charge in [-0.15, -0.1) is 0 Å². The lowest BCUT2D eigenvalue weighted by atomic mass is 9.99. The molecule has 4 rings (SSSR count). The van der Waals surface area contributed by atoms with Crippen molar-refractivity contribution in [3.63, 3.8) is 0 Å². The average molecular weight is 319 g/mol. The third-order valence-corrected chi connectivity index (χ3v) is 4.84. The molecule has 1 unspecified atom stereocenters. The molecule has 3 amide bonds. The summed E-state index contributed by atoms with van der Waals surface area (Å²) < 4.78 is 5.30. The smallest absolute Gasteiger partial charge is 0.325 e. The zero-order chi connectivity index (χ0) is 16.2. The molecule has 2 aliphatic heterocycles. The minimum atomic E-state index is -0.791. The molecule has 8 heteroatoms. The first-order valence-electron chi connectivity index (χ1n) is 8.19. The van der Waals surface area contributed by atoms with Gasteiger partial charge in [-0.05, 0) is 33.1 Å². The second-order valence-corrected chi connectivity index (χ2v) is 7.06. The van der Waals surface area contributed by atoms with E-state index >= 15 is 0 Å². The van der Waals surface area contributed by atoms with Crippen molar-refractivity contribution in [2.45, 2.75) is 57.2 Å². The number of likely N-dealkylation sites (tertiary alicyclic amines) is 1. The van der Waals surface area contributed by atoms with Crippen LogP contribution in [0.25, 0.3) is 0 Å². The van der Waals surface area contributed by atoms with E-state index in [1.165, 1.54) is 4.90 Å². The number of carbonyl (C=O) groups excluding carboxylic acids is 2. The molecule has 1 atom stereocenters. The summed E-state index contributed by atoms with van der Waals surface area (Å²) in [6.07, 6.45) is 2.89. The monoisotopic (exact) mass is 319 g/mol. The highest BCUT2D eigenvalue weighted by Gasteiger charge is 2.55. The first kappa shape index (κ1) is 14.6. The number of rotatable bonds is 4. The quantitative estimate of drug-likeness (QED) is 0.827. The van der Waals surface area contributed by atoms with Crippen molar-refractivity contribution >= 4 is 11.9 Å². The second-order valence-electron chi connectivity index (χ2n) is 7.06. The fourth-order valence-corrected chi connectivity index (χ4v) is 3.44. The standard InChI is InChI=1S/C15H21N5O3/c1-9(2)20-13(21)15(17-14(20)22)5-6-19(8-15)7-11-16-12(18-23-11)10-3-4-10/h9-10H,3-8H2,1-2H3,(H,17,22). The summed E-state index contributed by atoms with van der Waals surface area (Å²) in [7, 11) is 0. The number of urea groups is 1. The summed E-state index contributed by atoms with van der Waals surface area (Å²) >= 11 is 0. The average Bonchev–Trinajstić information content (AvgIpc) is 3.02. The molecular formula is C15H21N5O3. The maximum atomic E-state index is 12.6. The lowest BCUT2D eigenvalue weighted by Gasteiger charge is -2.22. The zero-order valence-corrected chi connectivity index (χ0v) is 13.4. The Bertz CT molecular complexity index is 653. The summed E-state index contributed by atoms with van der Waals surface area (Å²) in [6.45, 7) is 5.43. The zero-order valence-electron chi connectivity index (χ0n) is 13.4. The van der Waals surface area contributed by atoms with Gasteiger partial charge in [-0.2, -0.15) is 4.98 Å². The molecule has 3 heterocycles. The molecule has 0 radical (unpaired) electrons.